The smallest absolute Gasteiger partial charge is 0.251 e. The number of carbonyl (C=O) groups excluding carboxylic acids is 1. The monoisotopic (exact) mass is 352 g/mol. The van der Waals surface area contributed by atoms with E-state index < -0.39 is 0 Å². The number of benzene rings is 2. The highest BCUT2D eigenvalue weighted by Crippen LogP contribution is 2.10. The third-order valence-electron chi connectivity index (χ3n) is 4.15. The summed E-state index contributed by atoms with van der Waals surface area (Å²) >= 11 is 0. The molecule has 0 spiro atoms. The lowest BCUT2D eigenvalue weighted by Crippen LogP contribution is -2.36. The van der Waals surface area contributed by atoms with E-state index in [4.69, 9.17) is 0 Å². The van der Waals surface area contributed by atoms with E-state index in [2.05, 4.69) is 53.0 Å². The summed E-state index contributed by atoms with van der Waals surface area (Å²) in [5.74, 6) is 0.700. The van der Waals surface area contributed by atoms with Crippen molar-refractivity contribution in [3.63, 3.8) is 0 Å². The van der Waals surface area contributed by atoms with Crippen molar-refractivity contribution in [2.45, 2.75) is 33.9 Å². The normalized spacial score (nSPS) is 11.2. The van der Waals surface area contributed by atoms with Gasteiger partial charge in [-0.2, -0.15) is 0 Å². The van der Waals surface area contributed by atoms with Crippen LogP contribution in [0.3, 0.4) is 0 Å². The second-order valence-corrected chi connectivity index (χ2v) is 6.25. The maximum atomic E-state index is 11.6. The van der Waals surface area contributed by atoms with E-state index in [1.54, 1.807) is 7.05 Å². The van der Waals surface area contributed by atoms with Crippen molar-refractivity contribution in [2.75, 3.05) is 13.6 Å². The lowest BCUT2D eigenvalue weighted by molar-refractivity contribution is 0.0963. The van der Waals surface area contributed by atoms with Gasteiger partial charge < -0.3 is 16.0 Å². The minimum Gasteiger partial charge on any atom is -0.357 e. The van der Waals surface area contributed by atoms with E-state index in [0.717, 1.165) is 24.6 Å². The van der Waals surface area contributed by atoms with Crippen molar-refractivity contribution in [1.82, 2.24) is 16.0 Å². The number of rotatable bonds is 6. The van der Waals surface area contributed by atoms with Crippen molar-refractivity contribution >= 4 is 11.9 Å². The molecule has 2 rings (SSSR count). The van der Waals surface area contributed by atoms with Gasteiger partial charge in [0, 0.05) is 25.7 Å². The van der Waals surface area contributed by atoms with Gasteiger partial charge in [-0.05, 0) is 49.6 Å². The van der Waals surface area contributed by atoms with Gasteiger partial charge in [0.1, 0.15) is 0 Å². The Bertz CT molecular complexity index is 766. The Morgan fingerprint density at radius 1 is 1.04 bits per heavy atom. The summed E-state index contributed by atoms with van der Waals surface area (Å²) in [5, 5.41) is 9.27. The minimum absolute atomic E-state index is 0.0801. The largest absolute Gasteiger partial charge is 0.357 e. The van der Waals surface area contributed by atoms with Crippen LogP contribution in [0.5, 0.6) is 0 Å². The SMILES string of the molecule is CCNC(=NCc1ccc(C(=O)NC)cc1)NCc1ccc(C)cc1C. The summed E-state index contributed by atoms with van der Waals surface area (Å²) in [6.07, 6.45) is 0. The summed E-state index contributed by atoms with van der Waals surface area (Å²) in [6, 6.07) is 14.0. The molecule has 0 aliphatic rings. The van der Waals surface area contributed by atoms with E-state index >= 15 is 0 Å². The van der Waals surface area contributed by atoms with Crippen LogP contribution in [0.2, 0.25) is 0 Å². The molecule has 1 amide bonds. The lowest BCUT2D eigenvalue weighted by Gasteiger charge is -2.13. The molecule has 2 aromatic rings. The second kappa shape index (κ2) is 9.61. The molecule has 5 heteroatoms. The molecule has 0 aromatic heterocycles. The Kier molecular flexibility index (Phi) is 7.21. The van der Waals surface area contributed by atoms with Gasteiger partial charge in [0.25, 0.3) is 5.91 Å². The van der Waals surface area contributed by atoms with E-state index in [0.29, 0.717) is 12.1 Å². The van der Waals surface area contributed by atoms with Gasteiger partial charge in [-0.15, -0.1) is 0 Å². The molecule has 0 heterocycles. The number of nitrogens with zero attached hydrogens (tertiary/aromatic N) is 1. The van der Waals surface area contributed by atoms with Crippen molar-refractivity contribution in [3.05, 3.63) is 70.3 Å². The first-order valence-corrected chi connectivity index (χ1v) is 8.92. The number of carbonyl (C=O) groups is 1. The summed E-state index contributed by atoms with van der Waals surface area (Å²) in [7, 11) is 1.63. The number of aryl methyl sites for hydroxylation is 2. The fourth-order valence-corrected chi connectivity index (χ4v) is 2.64. The molecule has 2 aromatic carbocycles. The minimum atomic E-state index is -0.0801. The van der Waals surface area contributed by atoms with Crippen molar-refractivity contribution in [2.24, 2.45) is 4.99 Å². The number of aliphatic imine (C=N–C) groups is 1. The highest BCUT2D eigenvalue weighted by molar-refractivity contribution is 5.93. The molecule has 138 valence electrons. The third kappa shape index (κ3) is 5.62. The van der Waals surface area contributed by atoms with E-state index in [9.17, 15) is 4.79 Å². The van der Waals surface area contributed by atoms with Crippen LogP contribution in [0.4, 0.5) is 0 Å². The molecule has 0 aliphatic carbocycles. The van der Waals surface area contributed by atoms with Crippen LogP contribution < -0.4 is 16.0 Å². The van der Waals surface area contributed by atoms with E-state index in [1.165, 1.54) is 16.7 Å². The maximum Gasteiger partial charge on any atom is 0.251 e. The highest BCUT2D eigenvalue weighted by Gasteiger charge is 2.04. The van der Waals surface area contributed by atoms with E-state index in [-0.39, 0.29) is 5.91 Å². The van der Waals surface area contributed by atoms with Gasteiger partial charge >= 0.3 is 0 Å². The van der Waals surface area contributed by atoms with Gasteiger partial charge in [0.2, 0.25) is 0 Å². The Hall–Kier alpha value is -2.82. The zero-order valence-corrected chi connectivity index (χ0v) is 16.0. The number of amides is 1. The molecule has 0 atom stereocenters. The Labute approximate surface area is 155 Å². The molecule has 5 nitrogen and oxygen atoms in total. The molecule has 0 radical (unpaired) electrons. The van der Waals surface area contributed by atoms with Crippen LogP contribution in [0, 0.1) is 13.8 Å². The summed E-state index contributed by atoms with van der Waals surface area (Å²) < 4.78 is 0. The molecule has 0 saturated carbocycles. The zero-order chi connectivity index (χ0) is 18.9. The molecule has 26 heavy (non-hydrogen) atoms. The van der Waals surface area contributed by atoms with Crippen LogP contribution in [0.15, 0.2) is 47.5 Å². The second-order valence-electron chi connectivity index (χ2n) is 6.25. The van der Waals surface area contributed by atoms with Gasteiger partial charge in [-0.3, -0.25) is 4.79 Å². The molecular weight excluding hydrogens is 324 g/mol. The lowest BCUT2D eigenvalue weighted by atomic mass is 10.1. The van der Waals surface area contributed by atoms with Gasteiger partial charge in [-0.25, -0.2) is 4.99 Å². The van der Waals surface area contributed by atoms with Gasteiger partial charge in [0.05, 0.1) is 6.54 Å². The van der Waals surface area contributed by atoms with Gasteiger partial charge in [0.15, 0.2) is 5.96 Å². The van der Waals surface area contributed by atoms with E-state index in [1.807, 2.05) is 31.2 Å². The summed E-state index contributed by atoms with van der Waals surface area (Å²) in [6.45, 7) is 8.36. The first kappa shape index (κ1) is 19.5. The topological polar surface area (TPSA) is 65.5 Å². The fraction of sp³-hybridized carbons (Fsp3) is 0.333. The predicted octanol–water partition coefficient (Wildman–Crippen LogP) is 2.92. The van der Waals surface area contributed by atoms with Crippen molar-refractivity contribution in [3.8, 4) is 0 Å². The van der Waals surface area contributed by atoms with Crippen LogP contribution in [0.25, 0.3) is 0 Å². The first-order chi connectivity index (χ1) is 12.5. The molecule has 0 saturated heterocycles. The fourth-order valence-electron chi connectivity index (χ4n) is 2.64. The van der Waals surface area contributed by atoms with Crippen LogP contribution in [-0.4, -0.2) is 25.5 Å². The van der Waals surface area contributed by atoms with Crippen molar-refractivity contribution < 1.29 is 4.79 Å². The molecular formula is C21H28N4O. The van der Waals surface area contributed by atoms with Crippen molar-refractivity contribution in [1.29, 1.82) is 0 Å². The molecule has 0 unspecified atom stereocenters. The average Bonchev–Trinajstić information content (AvgIpc) is 2.65. The Morgan fingerprint density at radius 3 is 2.38 bits per heavy atom. The van der Waals surface area contributed by atoms with Crippen LogP contribution in [-0.2, 0) is 13.1 Å². The van der Waals surface area contributed by atoms with Crippen LogP contribution in [0.1, 0.15) is 39.5 Å². The number of nitrogens with one attached hydrogen (secondary N) is 3. The maximum absolute atomic E-state index is 11.6. The first-order valence-electron chi connectivity index (χ1n) is 8.92. The predicted molar refractivity (Wildman–Crippen MR) is 107 cm³/mol. The molecule has 0 fully saturated rings. The quantitative estimate of drug-likeness (QED) is 0.553. The molecule has 0 bridgehead atoms. The summed E-state index contributed by atoms with van der Waals surface area (Å²) in [4.78, 5) is 16.2. The standard InChI is InChI=1S/C21H28N4O/c1-5-23-21(25-14-19-9-6-15(2)12-16(19)3)24-13-17-7-10-18(11-8-17)20(26)22-4/h6-12H,5,13-14H2,1-4H3,(H,22,26)(H2,23,24,25). The van der Waals surface area contributed by atoms with Gasteiger partial charge in [-0.1, -0.05) is 35.9 Å². The summed E-state index contributed by atoms with van der Waals surface area (Å²) in [5.41, 5.74) is 5.52. The molecule has 3 N–H and O–H groups in total. The molecule has 0 aliphatic heterocycles. The number of hydrogen-bond donors (Lipinski definition) is 3. The third-order valence-corrected chi connectivity index (χ3v) is 4.15. The number of guanidine groups is 1. The van der Waals surface area contributed by atoms with Crippen LogP contribution >= 0.6 is 0 Å². The zero-order valence-electron chi connectivity index (χ0n) is 16.0. The number of hydrogen-bond acceptors (Lipinski definition) is 2. The Morgan fingerprint density at radius 2 is 1.77 bits per heavy atom. The Balaban J connectivity index is 2.00. The highest BCUT2D eigenvalue weighted by atomic mass is 16.1. The average molecular weight is 352 g/mol.